The number of aromatic amines is 1. The van der Waals surface area contributed by atoms with Gasteiger partial charge in [0, 0.05) is 17.2 Å². The molecule has 0 saturated heterocycles. The van der Waals surface area contributed by atoms with Gasteiger partial charge in [-0.05, 0) is 12.1 Å². The van der Waals surface area contributed by atoms with E-state index in [1.807, 2.05) is 4.98 Å². The first-order chi connectivity index (χ1) is 10.2. The van der Waals surface area contributed by atoms with Gasteiger partial charge in [-0.25, -0.2) is 9.59 Å². The molecule has 0 spiro atoms. The van der Waals surface area contributed by atoms with Crippen LogP contribution >= 0.6 is 0 Å². The van der Waals surface area contributed by atoms with Crippen LogP contribution in [0.15, 0.2) is 23.0 Å². The topological polar surface area (TPSA) is 174 Å². The molecule has 0 saturated carbocycles. The highest BCUT2D eigenvalue weighted by molar-refractivity contribution is 6.08. The van der Waals surface area contributed by atoms with Crippen LogP contribution in [0.1, 0.15) is 20.7 Å². The smallest absolute Gasteiger partial charge is 0.342 e. The van der Waals surface area contributed by atoms with Crippen LogP contribution in [0.4, 0.5) is 5.82 Å². The first-order valence-electron chi connectivity index (χ1n) is 5.78. The summed E-state index contributed by atoms with van der Waals surface area (Å²) in [5.74, 6) is -4.75. The van der Waals surface area contributed by atoms with Crippen LogP contribution in [-0.4, -0.2) is 37.3 Å². The third kappa shape index (κ3) is 2.30. The molecule has 0 amide bonds. The zero-order chi connectivity index (χ0) is 16.6. The largest absolute Gasteiger partial charge is 0.508 e. The van der Waals surface area contributed by atoms with Crippen molar-refractivity contribution in [3.8, 4) is 22.6 Å². The standard InChI is InChI=1S/C13H10N2O7/c14-10-8(12(19)20)7(9(13(21)22)11(18)15-10)5-2-1-4(16)3-6(5)17/h1-3,16-17H,(H,19,20)(H,21,22)(H3,14,15,18). The van der Waals surface area contributed by atoms with Crippen LogP contribution in [-0.2, 0) is 0 Å². The van der Waals surface area contributed by atoms with Gasteiger partial charge < -0.3 is 31.1 Å². The molecule has 0 aliphatic rings. The second-order valence-corrected chi connectivity index (χ2v) is 4.30. The number of nitrogen functional groups attached to an aromatic ring is 1. The molecular weight excluding hydrogens is 296 g/mol. The van der Waals surface area contributed by atoms with E-state index in [-0.39, 0.29) is 11.3 Å². The number of phenols is 2. The van der Waals surface area contributed by atoms with E-state index in [0.717, 1.165) is 18.2 Å². The maximum absolute atomic E-state index is 11.8. The van der Waals surface area contributed by atoms with Gasteiger partial charge in [0.2, 0.25) is 0 Å². The van der Waals surface area contributed by atoms with E-state index in [1.165, 1.54) is 0 Å². The van der Waals surface area contributed by atoms with Crippen molar-refractivity contribution in [1.29, 1.82) is 0 Å². The Balaban J connectivity index is 3.02. The van der Waals surface area contributed by atoms with Crippen LogP contribution in [0.3, 0.4) is 0 Å². The fourth-order valence-corrected chi connectivity index (χ4v) is 2.05. The Morgan fingerprint density at radius 2 is 1.64 bits per heavy atom. The highest BCUT2D eigenvalue weighted by Crippen LogP contribution is 2.36. The van der Waals surface area contributed by atoms with Crippen molar-refractivity contribution in [2.24, 2.45) is 0 Å². The number of nitrogens with one attached hydrogen (secondary N) is 1. The molecule has 0 atom stereocenters. The van der Waals surface area contributed by atoms with Gasteiger partial charge in [0.15, 0.2) is 0 Å². The molecule has 0 aliphatic carbocycles. The Morgan fingerprint density at radius 1 is 1.05 bits per heavy atom. The predicted molar refractivity (Wildman–Crippen MR) is 74.2 cm³/mol. The quantitative estimate of drug-likeness (QED) is 0.473. The number of benzene rings is 1. The van der Waals surface area contributed by atoms with Gasteiger partial charge in [0.1, 0.15) is 28.4 Å². The number of rotatable bonds is 3. The molecule has 7 N–H and O–H groups in total. The number of H-pyrrole nitrogens is 1. The fourth-order valence-electron chi connectivity index (χ4n) is 2.05. The van der Waals surface area contributed by atoms with Crippen molar-refractivity contribution in [1.82, 2.24) is 4.98 Å². The van der Waals surface area contributed by atoms with Crippen molar-refractivity contribution < 1.29 is 30.0 Å². The normalized spacial score (nSPS) is 10.4. The number of aromatic nitrogens is 1. The zero-order valence-corrected chi connectivity index (χ0v) is 10.8. The van der Waals surface area contributed by atoms with Gasteiger partial charge in [0.05, 0.1) is 0 Å². The Labute approximate surface area is 121 Å². The third-order valence-corrected chi connectivity index (χ3v) is 2.92. The first-order valence-corrected chi connectivity index (χ1v) is 5.78. The molecule has 0 unspecified atom stereocenters. The molecule has 22 heavy (non-hydrogen) atoms. The maximum Gasteiger partial charge on any atom is 0.342 e. The van der Waals surface area contributed by atoms with Crippen LogP contribution in [0.5, 0.6) is 11.5 Å². The van der Waals surface area contributed by atoms with Gasteiger partial charge in [0.25, 0.3) is 5.56 Å². The maximum atomic E-state index is 11.8. The number of carboxylic acids is 2. The molecule has 114 valence electrons. The average Bonchev–Trinajstić information content (AvgIpc) is 2.36. The summed E-state index contributed by atoms with van der Waals surface area (Å²) in [7, 11) is 0. The number of hydrogen-bond acceptors (Lipinski definition) is 6. The lowest BCUT2D eigenvalue weighted by molar-refractivity contribution is 0.0695. The molecule has 9 nitrogen and oxygen atoms in total. The van der Waals surface area contributed by atoms with Gasteiger partial charge >= 0.3 is 11.9 Å². The lowest BCUT2D eigenvalue weighted by Gasteiger charge is -2.13. The lowest BCUT2D eigenvalue weighted by atomic mass is 9.94. The van der Waals surface area contributed by atoms with Crippen molar-refractivity contribution in [2.75, 3.05) is 5.73 Å². The number of aromatic hydroxyl groups is 2. The van der Waals surface area contributed by atoms with Crippen molar-refractivity contribution in [3.63, 3.8) is 0 Å². The number of carbonyl (C=O) groups is 2. The van der Waals surface area contributed by atoms with Gasteiger partial charge in [-0.1, -0.05) is 0 Å². The summed E-state index contributed by atoms with van der Waals surface area (Å²) >= 11 is 0. The number of phenolic OH excluding ortho intramolecular Hbond substituents is 2. The van der Waals surface area contributed by atoms with E-state index in [0.29, 0.717) is 0 Å². The first kappa shape index (κ1) is 14.9. The molecule has 0 bridgehead atoms. The van der Waals surface area contributed by atoms with E-state index in [9.17, 15) is 29.7 Å². The molecule has 0 aliphatic heterocycles. The zero-order valence-electron chi connectivity index (χ0n) is 10.8. The molecule has 2 rings (SSSR count). The molecule has 2 aromatic rings. The van der Waals surface area contributed by atoms with Gasteiger partial charge in [-0.2, -0.15) is 0 Å². The van der Waals surface area contributed by atoms with Gasteiger partial charge in [-0.15, -0.1) is 0 Å². The summed E-state index contributed by atoms with van der Waals surface area (Å²) in [4.78, 5) is 36.4. The number of carboxylic acid groups (broad SMARTS) is 2. The molecule has 0 radical (unpaired) electrons. The van der Waals surface area contributed by atoms with Crippen LogP contribution in [0.2, 0.25) is 0 Å². The Morgan fingerprint density at radius 3 is 2.14 bits per heavy atom. The van der Waals surface area contributed by atoms with Crippen LogP contribution < -0.4 is 11.3 Å². The molecule has 0 fully saturated rings. The fraction of sp³-hybridized carbons (Fsp3) is 0. The minimum Gasteiger partial charge on any atom is -0.508 e. The SMILES string of the molecule is Nc1[nH]c(=O)c(C(=O)O)c(-c2ccc(O)cc2O)c1C(=O)O. The molecular formula is C13H10N2O7. The van der Waals surface area contributed by atoms with Crippen molar-refractivity contribution in [3.05, 3.63) is 39.7 Å². The average molecular weight is 306 g/mol. The second kappa shape index (κ2) is 5.13. The summed E-state index contributed by atoms with van der Waals surface area (Å²) in [6.07, 6.45) is 0. The number of aromatic carboxylic acids is 2. The summed E-state index contributed by atoms with van der Waals surface area (Å²) < 4.78 is 0. The number of anilines is 1. The van der Waals surface area contributed by atoms with E-state index >= 15 is 0 Å². The third-order valence-electron chi connectivity index (χ3n) is 2.92. The minimum absolute atomic E-state index is 0.259. The predicted octanol–water partition coefficient (Wildman–Crippen LogP) is 0.432. The molecule has 1 aromatic heterocycles. The Kier molecular flexibility index (Phi) is 3.47. The molecule has 1 aromatic carbocycles. The summed E-state index contributed by atoms with van der Waals surface area (Å²) in [6, 6.07) is 3.06. The molecule has 9 heteroatoms. The molecule has 1 heterocycles. The highest BCUT2D eigenvalue weighted by Gasteiger charge is 2.28. The Bertz CT molecular complexity index is 854. The van der Waals surface area contributed by atoms with Crippen molar-refractivity contribution in [2.45, 2.75) is 0 Å². The highest BCUT2D eigenvalue weighted by atomic mass is 16.4. The summed E-state index contributed by atoms with van der Waals surface area (Å²) in [5, 5.41) is 37.5. The number of pyridine rings is 1. The number of hydrogen-bond donors (Lipinski definition) is 6. The van der Waals surface area contributed by atoms with Gasteiger partial charge in [-0.3, -0.25) is 4.79 Å². The monoisotopic (exact) mass is 306 g/mol. The summed E-state index contributed by atoms with van der Waals surface area (Å²) in [5.41, 5.74) is 1.98. The van der Waals surface area contributed by atoms with Crippen LogP contribution in [0.25, 0.3) is 11.1 Å². The van der Waals surface area contributed by atoms with E-state index in [2.05, 4.69) is 0 Å². The summed E-state index contributed by atoms with van der Waals surface area (Å²) in [6.45, 7) is 0. The minimum atomic E-state index is -1.69. The second-order valence-electron chi connectivity index (χ2n) is 4.30. The van der Waals surface area contributed by atoms with E-state index in [1.54, 1.807) is 0 Å². The van der Waals surface area contributed by atoms with E-state index in [4.69, 9.17) is 10.8 Å². The van der Waals surface area contributed by atoms with Crippen LogP contribution in [0, 0.1) is 0 Å². The lowest BCUT2D eigenvalue weighted by Crippen LogP contribution is -2.24. The van der Waals surface area contributed by atoms with Crippen molar-refractivity contribution >= 4 is 17.8 Å². The Hall–Kier alpha value is -3.49. The van der Waals surface area contributed by atoms with E-state index < -0.39 is 45.8 Å². The number of nitrogens with two attached hydrogens (primary N) is 1.